The van der Waals surface area contributed by atoms with Crippen molar-refractivity contribution in [3.8, 4) is 0 Å². The number of nitrogens with zero attached hydrogens (tertiary/aromatic N) is 2. The van der Waals surface area contributed by atoms with Gasteiger partial charge in [-0.1, -0.05) is 36.8 Å². The van der Waals surface area contributed by atoms with E-state index in [4.69, 9.17) is 0 Å². The van der Waals surface area contributed by atoms with Crippen LogP contribution in [0.4, 0.5) is 4.79 Å². The number of piperidine rings is 2. The summed E-state index contributed by atoms with van der Waals surface area (Å²) in [6.07, 6.45) is 5.02. The largest absolute Gasteiger partial charge is 0.334 e. The summed E-state index contributed by atoms with van der Waals surface area (Å²) >= 11 is 0. The molecule has 0 aliphatic carbocycles. The smallest absolute Gasteiger partial charge is 0.317 e. The fourth-order valence-electron chi connectivity index (χ4n) is 4.13. The van der Waals surface area contributed by atoms with Gasteiger partial charge in [0.05, 0.1) is 0 Å². The number of benzene rings is 1. The van der Waals surface area contributed by atoms with Gasteiger partial charge in [0.2, 0.25) is 0 Å². The average molecular weight is 344 g/mol. The lowest BCUT2D eigenvalue weighted by Gasteiger charge is -2.37. The minimum Gasteiger partial charge on any atom is -0.334 e. The van der Waals surface area contributed by atoms with Crippen LogP contribution >= 0.6 is 0 Å². The van der Waals surface area contributed by atoms with Crippen LogP contribution in [0.15, 0.2) is 24.3 Å². The van der Waals surface area contributed by atoms with Crippen molar-refractivity contribution in [2.75, 3.05) is 32.7 Å². The lowest BCUT2D eigenvalue weighted by atomic mass is 9.94. The lowest BCUT2D eigenvalue weighted by molar-refractivity contribution is 0.122. The maximum absolute atomic E-state index is 12.4. The number of hydrogen-bond donors (Lipinski definition) is 1. The molecule has 2 heterocycles. The molecule has 0 saturated carbocycles. The number of carbonyl (C=O) groups is 1. The molecule has 3 rings (SSSR count). The number of urea groups is 1. The van der Waals surface area contributed by atoms with E-state index in [9.17, 15) is 4.79 Å². The maximum Gasteiger partial charge on any atom is 0.317 e. The Morgan fingerprint density at radius 3 is 2.52 bits per heavy atom. The van der Waals surface area contributed by atoms with E-state index in [-0.39, 0.29) is 6.03 Å². The van der Waals surface area contributed by atoms with Gasteiger partial charge in [0, 0.05) is 32.7 Å². The number of aryl methyl sites for hydroxylation is 1. The quantitative estimate of drug-likeness (QED) is 0.906. The van der Waals surface area contributed by atoms with Gasteiger partial charge in [-0.15, -0.1) is 0 Å². The minimum atomic E-state index is 0.0885. The summed E-state index contributed by atoms with van der Waals surface area (Å²) in [5, 5.41) is 3.07. The highest BCUT2D eigenvalue weighted by Crippen LogP contribution is 2.22. The summed E-state index contributed by atoms with van der Waals surface area (Å²) in [7, 11) is 0. The van der Waals surface area contributed by atoms with E-state index < -0.39 is 0 Å². The SMILES string of the molecule is Cc1ccc(CNC(=O)N2CCC(CN3CCC[C@H](C)C3)CC2)cc1. The number of amides is 2. The zero-order valence-corrected chi connectivity index (χ0v) is 15.8. The predicted molar refractivity (Wildman–Crippen MR) is 103 cm³/mol. The van der Waals surface area contributed by atoms with E-state index in [1.54, 1.807) is 0 Å². The molecule has 2 fully saturated rings. The highest BCUT2D eigenvalue weighted by atomic mass is 16.2. The molecule has 138 valence electrons. The van der Waals surface area contributed by atoms with Crippen molar-refractivity contribution >= 4 is 6.03 Å². The Morgan fingerprint density at radius 2 is 1.84 bits per heavy atom. The van der Waals surface area contributed by atoms with Gasteiger partial charge >= 0.3 is 6.03 Å². The first kappa shape index (κ1) is 18.2. The third kappa shape index (κ3) is 5.46. The summed E-state index contributed by atoms with van der Waals surface area (Å²) in [5.41, 5.74) is 2.41. The van der Waals surface area contributed by atoms with Crippen molar-refractivity contribution in [2.45, 2.75) is 46.1 Å². The molecule has 2 aliphatic rings. The molecule has 0 unspecified atom stereocenters. The summed E-state index contributed by atoms with van der Waals surface area (Å²) in [6, 6.07) is 8.44. The van der Waals surface area contributed by atoms with Crippen molar-refractivity contribution < 1.29 is 4.79 Å². The van der Waals surface area contributed by atoms with Gasteiger partial charge in [0.25, 0.3) is 0 Å². The lowest BCUT2D eigenvalue weighted by Crippen LogP contribution is -2.46. The first-order valence-electron chi connectivity index (χ1n) is 9.91. The van der Waals surface area contributed by atoms with Gasteiger partial charge in [-0.05, 0) is 56.6 Å². The van der Waals surface area contributed by atoms with Crippen LogP contribution in [-0.4, -0.2) is 48.6 Å². The Balaban J connectivity index is 1.37. The van der Waals surface area contributed by atoms with Crippen molar-refractivity contribution in [3.63, 3.8) is 0 Å². The Morgan fingerprint density at radius 1 is 1.12 bits per heavy atom. The topological polar surface area (TPSA) is 35.6 Å². The van der Waals surface area contributed by atoms with Gasteiger partial charge in [-0.3, -0.25) is 0 Å². The second-order valence-corrected chi connectivity index (χ2v) is 8.08. The van der Waals surface area contributed by atoms with E-state index in [1.807, 2.05) is 4.90 Å². The number of likely N-dealkylation sites (tertiary alicyclic amines) is 2. The van der Waals surface area contributed by atoms with Crippen LogP contribution in [0.5, 0.6) is 0 Å². The van der Waals surface area contributed by atoms with Crippen molar-refractivity contribution in [1.82, 2.24) is 15.1 Å². The molecule has 1 aromatic carbocycles. The van der Waals surface area contributed by atoms with Gasteiger partial charge in [0.1, 0.15) is 0 Å². The normalized spacial score (nSPS) is 22.8. The maximum atomic E-state index is 12.4. The zero-order chi connectivity index (χ0) is 17.6. The fourth-order valence-corrected chi connectivity index (χ4v) is 4.13. The van der Waals surface area contributed by atoms with Crippen LogP contribution in [-0.2, 0) is 6.54 Å². The second kappa shape index (κ2) is 8.70. The van der Waals surface area contributed by atoms with E-state index in [1.165, 1.54) is 38.0 Å². The van der Waals surface area contributed by atoms with Gasteiger partial charge in [-0.25, -0.2) is 4.79 Å². The number of carbonyl (C=O) groups excluding carboxylic acids is 1. The predicted octanol–water partition coefficient (Wildman–Crippen LogP) is 3.65. The highest BCUT2D eigenvalue weighted by Gasteiger charge is 2.25. The number of hydrogen-bond acceptors (Lipinski definition) is 2. The van der Waals surface area contributed by atoms with E-state index >= 15 is 0 Å². The summed E-state index contributed by atoms with van der Waals surface area (Å²) in [5.74, 6) is 1.60. The molecule has 25 heavy (non-hydrogen) atoms. The van der Waals surface area contributed by atoms with Crippen LogP contribution in [0.25, 0.3) is 0 Å². The fraction of sp³-hybridized carbons (Fsp3) is 0.667. The molecule has 2 amide bonds. The molecule has 1 aromatic rings. The molecular formula is C21H33N3O. The van der Waals surface area contributed by atoms with E-state index in [0.29, 0.717) is 6.54 Å². The Labute approximate surface area is 152 Å². The standard InChI is InChI=1S/C21H33N3O/c1-17-5-7-19(8-6-17)14-22-21(25)24-12-9-20(10-13-24)16-23-11-3-4-18(2)15-23/h5-8,18,20H,3-4,9-16H2,1-2H3,(H,22,25)/t18-/m0/s1. The Bertz CT molecular complexity index is 549. The molecule has 1 N–H and O–H groups in total. The Kier molecular flexibility index (Phi) is 6.35. The molecule has 0 bridgehead atoms. The molecular weight excluding hydrogens is 310 g/mol. The summed E-state index contributed by atoms with van der Waals surface area (Å²) in [4.78, 5) is 17.0. The van der Waals surface area contributed by atoms with Gasteiger partial charge in [-0.2, -0.15) is 0 Å². The molecule has 0 radical (unpaired) electrons. The number of nitrogens with one attached hydrogen (secondary N) is 1. The first-order chi connectivity index (χ1) is 12.1. The first-order valence-corrected chi connectivity index (χ1v) is 9.91. The molecule has 0 spiro atoms. The highest BCUT2D eigenvalue weighted by molar-refractivity contribution is 5.74. The average Bonchev–Trinajstić information content (AvgIpc) is 2.62. The van der Waals surface area contributed by atoms with Crippen LogP contribution in [0.3, 0.4) is 0 Å². The van der Waals surface area contributed by atoms with Crippen molar-refractivity contribution in [1.29, 1.82) is 0 Å². The van der Waals surface area contributed by atoms with Crippen molar-refractivity contribution in [3.05, 3.63) is 35.4 Å². The minimum absolute atomic E-state index is 0.0885. The molecule has 4 nitrogen and oxygen atoms in total. The zero-order valence-electron chi connectivity index (χ0n) is 15.8. The van der Waals surface area contributed by atoms with Crippen LogP contribution < -0.4 is 5.32 Å². The molecule has 2 aliphatic heterocycles. The van der Waals surface area contributed by atoms with Crippen LogP contribution in [0, 0.1) is 18.8 Å². The number of rotatable bonds is 4. The summed E-state index contributed by atoms with van der Waals surface area (Å²) < 4.78 is 0. The summed E-state index contributed by atoms with van der Waals surface area (Å²) in [6.45, 7) is 10.6. The third-order valence-corrected chi connectivity index (χ3v) is 5.72. The Hall–Kier alpha value is -1.55. The van der Waals surface area contributed by atoms with Crippen LogP contribution in [0.1, 0.15) is 43.7 Å². The molecule has 4 heteroatoms. The van der Waals surface area contributed by atoms with E-state index in [2.05, 4.69) is 48.3 Å². The molecule has 0 aromatic heterocycles. The van der Waals surface area contributed by atoms with Gasteiger partial charge in [0.15, 0.2) is 0 Å². The molecule has 1 atom stereocenters. The molecule has 2 saturated heterocycles. The van der Waals surface area contributed by atoms with E-state index in [0.717, 1.165) is 43.3 Å². The van der Waals surface area contributed by atoms with Gasteiger partial charge < -0.3 is 15.1 Å². The monoisotopic (exact) mass is 343 g/mol. The third-order valence-electron chi connectivity index (χ3n) is 5.72. The van der Waals surface area contributed by atoms with Crippen molar-refractivity contribution in [2.24, 2.45) is 11.8 Å². The van der Waals surface area contributed by atoms with Crippen LogP contribution in [0.2, 0.25) is 0 Å². The second-order valence-electron chi connectivity index (χ2n) is 8.08.